The number of hydrogen-bond acceptors (Lipinski definition) is 5. The smallest absolute Gasteiger partial charge is 0.256 e. The van der Waals surface area contributed by atoms with Crippen LogP contribution in [-0.2, 0) is 10.3 Å². The first-order chi connectivity index (χ1) is 14.0. The van der Waals surface area contributed by atoms with Gasteiger partial charge in [-0.25, -0.2) is 0 Å². The number of carbonyl (C=O) groups excluding carboxylic acids is 1. The molecule has 0 radical (unpaired) electrons. The number of halogens is 1. The Morgan fingerprint density at radius 3 is 2.83 bits per heavy atom. The Hall–Kier alpha value is -2.64. The zero-order valence-electron chi connectivity index (χ0n) is 15.8. The zero-order valence-corrected chi connectivity index (χ0v) is 16.6. The van der Waals surface area contributed by atoms with Gasteiger partial charge in [-0.15, -0.1) is 0 Å². The lowest BCUT2D eigenvalue weighted by atomic mass is 9.77. The van der Waals surface area contributed by atoms with Gasteiger partial charge in [-0.3, -0.25) is 19.8 Å². The van der Waals surface area contributed by atoms with Crippen molar-refractivity contribution >= 4 is 23.2 Å². The Balaban J connectivity index is 1.73. The van der Waals surface area contributed by atoms with Crippen molar-refractivity contribution in [3.8, 4) is 5.75 Å². The topological polar surface area (TPSA) is 84.7 Å². The highest BCUT2D eigenvalue weighted by Gasteiger charge is 2.73. The molecule has 2 aromatic carbocycles. The third-order valence-corrected chi connectivity index (χ3v) is 6.95. The molecule has 1 N–H and O–H groups in total. The van der Waals surface area contributed by atoms with E-state index in [1.165, 1.54) is 7.11 Å². The number of anilines is 1. The van der Waals surface area contributed by atoms with Crippen LogP contribution in [0.5, 0.6) is 5.75 Å². The summed E-state index contributed by atoms with van der Waals surface area (Å²) in [5.74, 6) is -0.241. The molecule has 0 aliphatic carbocycles. The van der Waals surface area contributed by atoms with E-state index in [2.05, 4.69) is 10.2 Å². The van der Waals surface area contributed by atoms with E-state index in [0.29, 0.717) is 28.6 Å². The van der Waals surface area contributed by atoms with Gasteiger partial charge in [0.2, 0.25) is 0 Å². The van der Waals surface area contributed by atoms with E-state index in [9.17, 15) is 14.9 Å². The third-order valence-electron chi connectivity index (χ3n) is 6.65. The number of ether oxygens (including phenoxy) is 1. The quantitative estimate of drug-likeness (QED) is 0.615. The van der Waals surface area contributed by atoms with Gasteiger partial charge in [0.15, 0.2) is 5.54 Å². The minimum absolute atomic E-state index is 0.105. The van der Waals surface area contributed by atoms with Gasteiger partial charge in [0.25, 0.3) is 11.9 Å². The zero-order chi connectivity index (χ0) is 20.3. The Morgan fingerprint density at radius 2 is 2.10 bits per heavy atom. The van der Waals surface area contributed by atoms with Crippen LogP contribution in [0.15, 0.2) is 42.5 Å². The lowest BCUT2D eigenvalue weighted by molar-refractivity contribution is -0.534. The number of nitrogens with zero attached hydrogens (tertiary/aromatic N) is 2. The van der Waals surface area contributed by atoms with Crippen molar-refractivity contribution < 1.29 is 14.5 Å². The Labute approximate surface area is 172 Å². The standard InChI is InChI=1S/C21H20ClN3O4/c1-29-17-9-8-12(11-14(17)22)18-16-7-4-10-24(16)21(19(18)25(27)28)13-5-2-3-6-15(13)23-20(21)26/h2-3,5-6,8-9,11,16,18-19H,4,7,10H2,1H3,(H,23,26)/t16-,18+,19-,21+/m0/s1. The van der Waals surface area contributed by atoms with Gasteiger partial charge in [0.1, 0.15) is 5.75 Å². The maximum Gasteiger partial charge on any atom is 0.256 e. The largest absolute Gasteiger partial charge is 0.495 e. The van der Waals surface area contributed by atoms with Crippen LogP contribution in [0.3, 0.4) is 0 Å². The van der Waals surface area contributed by atoms with Gasteiger partial charge < -0.3 is 10.1 Å². The first-order valence-electron chi connectivity index (χ1n) is 9.64. The van der Waals surface area contributed by atoms with Crippen LogP contribution in [0.1, 0.15) is 29.9 Å². The van der Waals surface area contributed by atoms with E-state index in [-0.39, 0.29) is 16.9 Å². The predicted molar refractivity (Wildman–Crippen MR) is 108 cm³/mol. The second-order valence-corrected chi connectivity index (χ2v) is 8.23. The summed E-state index contributed by atoms with van der Waals surface area (Å²) in [6, 6.07) is 11.4. The van der Waals surface area contributed by atoms with Gasteiger partial charge in [-0.2, -0.15) is 0 Å². The van der Waals surface area contributed by atoms with Gasteiger partial charge in [-0.05, 0) is 36.6 Å². The fourth-order valence-corrected chi connectivity index (χ4v) is 5.93. The maximum absolute atomic E-state index is 13.4. The maximum atomic E-state index is 13.4. The van der Waals surface area contributed by atoms with Crippen molar-refractivity contribution in [1.29, 1.82) is 0 Å². The van der Waals surface area contributed by atoms with E-state index in [1.54, 1.807) is 12.1 Å². The molecule has 2 saturated heterocycles. The van der Waals surface area contributed by atoms with Crippen LogP contribution in [0, 0.1) is 10.1 Å². The summed E-state index contributed by atoms with van der Waals surface area (Å²) in [4.78, 5) is 27.6. The van der Waals surface area contributed by atoms with Crippen molar-refractivity contribution in [1.82, 2.24) is 4.90 Å². The van der Waals surface area contributed by atoms with Crippen LogP contribution < -0.4 is 10.1 Å². The van der Waals surface area contributed by atoms with Crippen molar-refractivity contribution in [3.05, 3.63) is 68.7 Å². The molecule has 150 valence electrons. The molecule has 3 heterocycles. The number of benzene rings is 2. The molecule has 3 aliphatic heterocycles. The molecule has 1 spiro atoms. The highest BCUT2D eigenvalue weighted by molar-refractivity contribution is 6.32. The summed E-state index contributed by atoms with van der Waals surface area (Å²) >= 11 is 6.35. The Kier molecular flexibility index (Phi) is 4.08. The van der Waals surface area contributed by atoms with Crippen LogP contribution in [0.2, 0.25) is 5.02 Å². The summed E-state index contributed by atoms with van der Waals surface area (Å²) in [6.45, 7) is 0.650. The molecule has 8 heteroatoms. The SMILES string of the molecule is COc1ccc([C@H]2[C@H]([N+](=O)[O-])[C@]3(C(=O)Nc4ccccc43)N3CCC[C@@H]23)cc1Cl. The number of carbonyl (C=O) groups is 1. The van der Waals surface area contributed by atoms with Crippen molar-refractivity contribution in [2.75, 3.05) is 19.0 Å². The number of amides is 1. The normalized spacial score (nSPS) is 30.3. The molecule has 2 aromatic rings. The summed E-state index contributed by atoms with van der Waals surface area (Å²) < 4.78 is 5.24. The highest BCUT2D eigenvalue weighted by atomic mass is 35.5. The number of fused-ring (bicyclic) bond motifs is 4. The second kappa shape index (κ2) is 6.43. The van der Waals surface area contributed by atoms with Gasteiger partial charge in [0.05, 0.1) is 18.1 Å². The lowest BCUT2D eigenvalue weighted by Crippen LogP contribution is -2.55. The molecular weight excluding hydrogens is 394 g/mol. The Morgan fingerprint density at radius 1 is 1.31 bits per heavy atom. The van der Waals surface area contributed by atoms with Crippen LogP contribution in [0.25, 0.3) is 0 Å². The molecule has 0 bridgehead atoms. The number of nitro groups is 1. The first-order valence-corrected chi connectivity index (χ1v) is 10.0. The number of methoxy groups -OCH3 is 1. The predicted octanol–water partition coefficient (Wildman–Crippen LogP) is 3.40. The van der Waals surface area contributed by atoms with Gasteiger partial charge in [0, 0.05) is 28.8 Å². The molecule has 2 fully saturated rings. The van der Waals surface area contributed by atoms with E-state index in [0.717, 1.165) is 18.4 Å². The van der Waals surface area contributed by atoms with Crippen LogP contribution in [0.4, 0.5) is 5.69 Å². The number of rotatable bonds is 3. The van der Waals surface area contributed by atoms with E-state index >= 15 is 0 Å². The monoisotopic (exact) mass is 413 g/mol. The molecule has 7 nitrogen and oxygen atoms in total. The van der Waals surface area contributed by atoms with Crippen molar-refractivity contribution in [3.63, 3.8) is 0 Å². The fourth-order valence-electron chi connectivity index (χ4n) is 5.67. The third kappa shape index (κ3) is 2.31. The average Bonchev–Trinajstić information content (AvgIpc) is 3.35. The molecule has 3 aliphatic rings. The highest BCUT2D eigenvalue weighted by Crippen LogP contribution is 2.58. The van der Waals surface area contributed by atoms with E-state index in [1.807, 2.05) is 30.3 Å². The van der Waals surface area contributed by atoms with E-state index in [4.69, 9.17) is 16.3 Å². The summed E-state index contributed by atoms with van der Waals surface area (Å²) in [5, 5.41) is 15.8. The van der Waals surface area contributed by atoms with Crippen molar-refractivity contribution in [2.24, 2.45) is 0 Å². The minimum Gasteiger partial charge on any atom is -0.495 e. The summed E-state index contributed by atoms with van der Waals surface area (Å²) in [7, 11) is 1.53. The molecule has 0 saturated carbocycles. The second-order valence-electron chi connectivity index (χ2n) is 7.82. The molecule has 0 unspecified atom stereocenters. The molecule has 29 heavy (non-hydrogen) atoms. The molecular formula is C21H20ClN3O4. The summed E-state index contributed by atoms with van der Waals surface area (Å²) in [5.41, 5.74) is 0.811. The van der Waals surface area contributed by atoms with Gasteiger partial charge in [-0.1, -0.05) is 35.9 Å². The van der Waals surface area contributed by atoms with Gasteiger partial charge >= 0.3 is 0 Å². The van der Waals surface area contributed by atoms with Crippen LogP contribution in [-0.4, -0.2) is 41.5 Å². The number of para-hydroxylation sites is 1. The lowest BCUT2D eigenvalue weighted by Gasteiger charge is -2.32. The number of nitrogens with one attached hydrogen (secondary N) is 1. The number of hydrogen-bond donors (Lipinski definition) is 1. The minimum atomic E-state index is -1.31. The van der Waals surface area contributed by atoms with Crippen molar-refractivity contribution in [2.45, 2.75) is 36.4 Å². The van der Waals surface area contributed by atoms with Crippen LogP contribution >= 0.6 is 11.6 Å². The Bertz CT molecular complexity index is 1030. The first kappa shape index (κ1) is 18.4. The van der Waals surface area contributed by atoms with E-state index < -0.39 is 17.5 Å². The molecule has 1 amide bonds. The fraction of sp³-hybridized carbons (Fsp3) is 0.381. The molecule has 5 rings (SSSR count). The molecule has 0 aromatic heterocycles. The molecule has 4 atom stereocenters. The summed E-state index contributed by atoms with van der Waals surface area (Å²) in [6.07, 6.45) is 1.70. The average molecular weight is 414 g/mol.